The van der Waals surface area contributed by atoms with Crippen molar-refractivity contribution in [2.75, 3.05) is 20.8 Å². The van der Waals surface area contributed by atoms with E-state index < -0.39 is 5.91 Å². The van der Waals surface area contributed by atoms with Crippen molar-refractivity contribution in [3.05, 3.63) is 53.6 Å². The number of nitrogens with one attached hydrogen (secondary N) is 1. The number of benzene rings is 2. The number of primary amides is 1. The van der Waals surface area contributed by atoms with Crippen LogP contribution in [0.3, 0.4) is 0 Å². The van der Waals surface area contributed by atoms with Gasteiger partial charge in [-0.15, -0.1) is 0 Å². The molecule has 0 aliphatic rings. The summed E-state index contributed by atoms with van der Waals surface area (Å²) in [5.74, 6) is 0.594. The molecule has 0 unspecified atom stereocenters. The zero-order valence-electron chi connectivity index (χ0n) is 14.1. The van der Waals surface area contributed by atoms with Gasteiger partial charge in [0.05, 0.1) is 14.2 Å². The van der Waals surface area contributed by atoms with E-state index in [9.17, 15) is 9.59 Å². The molecule has 3 N–H and O–H groups in total. The summed E-state index contributed by atoms with van der Waals surface area (Å²) in [6.45, 7) is 0.116. The first kappa shape index (κ1) is 18.1. The lowest BCUT2D eigenvalue weighted by Crippen LogP contribution is -2.23. The van der Waals surface area contributed by atoms with Crippen LogP contribution < -0.4 is 25.3 Å². The summed E-state index contributed by atoms with van der Waals surface area (Å²) in [6, 6.07) is 12.1. The van der Waals surface area contributed by atoms with Crippen molar-refractivity contribution in [1.82, 2.24) is 5.32 Å². The Hall–Kier alpha value is -3.22. The minimum atomic E-state index is -0.594. The third-order valence-corrected chi connectivity index (χ3v) is 3.41. The molecule has 132 valence electrons. The predicted octanol–water partition coefficient (Wildman–Crippen LogP) is 1.50. The average Bonchev–Trinajstić information content (AvgIpc) is 2.64. The lowest BCUT2D eigenvalue weighted by atomic mass is 10.1. The molecule has 25 heavy (non-hydrogen) atoms. The second kappa shape index (κ2) is 8.58. The first-order chi connectivity index (χ1) is 12.0. The summed E-state index contributed by atoms with van der Waals surface area (Å²) in [4.78, 5) is 23.1. The molecule has 2 amide bonds. The quantitative estimate of drug-likeness (QED) is 0.756. The van der Waals surface area contributed by atoms with Gasteiger partial charge in [-0.25, -0.2) is 0 Å². The molecule has 0 heterocycles. The highest BCUT2D eigenvalue weighted by Gasteiger charge is 2.12. The lowest BCUT2D eigenvalue weighted by Gasteiger charge is -2.11. The summed E-state index contributed by atoms with van der Waals surface area (Å²) in [6.07, 6.45) is 0. The number of carbonyl (C=O) groups is 2. The molecular weight excluding hydrogens is 324 g/mol. The molecule has 0 aliphatic heterocycles. The number of nitrogens with two attached hydrogens (primary N) is 1. The normalized spacial score (nSPS) is 10.0. The highest BCUT2D eigenvalue weighted by atomic mass is 16.5. The summed E-state index contributed by atoms with van der Waals surface area (Å²) in [5, 5.41) is 2.82. The Morgan fingerprint density at radius 3 is 2.32 bits per heavy atom. The monoisotopic (exact) mass is 344 g/mol. The summed E-state index contributed by atoms with van der Waals surface area (Å²) >= 11 is 0. The van der Waals surface area contributed by atoms with Crippen LogP contribution in [0.15, 0.2) is 42.5 Å². The molecular formula is C18H20N2O5. The molecule has 0 saturated heterocycles. The van der Waals surface area contributed by atoms with Gasteiger partial charge in [-0.3, -0.25) is 9.59 Å². The molecule has 0 saturated carbocycles. The molecule has 0 fully saturated rings. The first-order valence-corrected chi connectivity index (χ1v) is 7.53. The number of carbonyl (C=O) groups excluding carboxylic acids is 2. The smallest absolute Gasteiger partial charge is 0.255 e. The molecule has 0 bridgehead atoms. The fourth-order valence-corrected chi connectivity index (χ4v) is 2.10. The van der Waals surface area contributed by atoms with E-state index in [4.69, 9.17) is 19.9 Å². The second-order valence-corrected chi connectivity index (χ2v) is 5.15. The van der Waals surface area contributed by atoms with Gasteiger partial charge >= 0.3 is 0 Å². The van der Waals surface area contributed by atoms with Crippen LogP contribution in [0.2, 0.25) is 0 Å². The fourth-order valence-electron chi connectivity index (χ4n) is 2.10. The topological polar surface area (TPSA) is 99.9 Å². The lowest BCUT2D eigenvalue weighted by molar-refractivity contribution is -0.119. The van der Waals surface area contributed by atoms with E-state index in [1.54, 1.807) is 25.3 Å². The van der Waals surface area contributed by atoms with Gasteiger partial charge in [0.2, 0.25) is 0 Å². The van der Waals surface area contributed by atoms with Crippen molar-refractivity contribution in [1.29, 1.82) is 0 Å². The van der Waals surface area contributed by atoms with Crippen LogP contribution in [0, 0.1) is 0 Å². The Bertz CT molecular complexity index is 744. The van der Waals surface area contributed by atoms with Crippen LogP contribution in [0.1, 0.15) is 15.9 Å². The third kappa shape index (κ3) is 5.13. The maximum atomic E-state index is 12.3. The van der Waals surface area contributed by atoms with Crippen LogP contribution in [0.25, 0.3) is 0 Å². The molecule has 0 aliphatic carbocycles. The largest absolute Gasteiger partial charge is 0.497 e. The van der Waals surface area contributed by atoms with Crippen LogP contribution in [0.5, 0.6) is 17.2 Å². The zero-order valence-corrected chi connectivity index (χ0v) is 14.1. The minimum absolute atomic E-state index is 0.254. The Morgan fingerprint density at radius 1 is 1.00 bits per heavy atom. The Kier molecular flexibility index (Phi) is 6.22. The molecule has 2 aromatic rings. The molecule has 0 radical (unpaired) electrons. The van der Waals surface area contributed by atoms with Gasteiger partial charge in [0.1, 0.15) is 5.75 Å². The SMILES string of the molecule is COc1ccc(CNC(=O)c2ccc(OCC(N)=O)c(OC)c2)cc1. The molecule has 0 atom stereocenters. The molecule has 7 heteroatoms. The van der Waals surface area contributed by atoms with Gasteiger partial charge in [-0.2, -0.15) is 0 Å². The molecule has 2 rings (SSSR count). The van der Waals surface area contributed by atoms with Crippen molar-refractivity contribution in [2.45, 2.75) is 6.54 Å². The van der Waals surface area contributed by atoms with E-state index in [1.165, 1.54) is 7.11 Å². The van der Waals surface area contributed by atoms with E-state index >= 15 is 0 Å². The van der Waals surface area contributed by atoms with E-state index in [0.29, 0.717) is 23.6 Å². The van der Waals surface area contributed by atoms with Crippen LogP contribution in [-0.4, -0.2) is 32.6 Å². The summed E-state index contributed by atoms with van der Waals surface area (Å²) in [5.41, 5.74) is 6.41. The fraction of sp³-hybridized carbons (Fsp3) is 0.222. The number of hydrogen-bond donors (Lipinski definition) is 2. The molecule has 0 aromatic heterocycles. The second-order valence-electron chi connectivity index (χ2n) is 5.15. The minimum Gasteiger partial charge on any atom is -0.497 e. The third-order valence-electron chi connectivity index (χ3n) is 3.41. The summed E-state index contributed by atoms with van der Waals surface area (Å²) < 4.78 is 15.5. The zero-order chi connectivity index (χ0) is 18.2. The number of rotatable bonds is 8. The van der Waals surface area contributed by atoms with E-state index in [0.717, 1.165) is 11.3 Å². The standard InChI is InChI=1S/C18H20N2O5/c1-23-14-6-3-12(4-7-14)10-20-18(22)13-5-8-15(16(9-13)24-2)25-11-17(19)21/h3-9H,10-11H2,1-2H3,(H2,19,21)(H,20,22). The van der Waals surface area contributed by atoms with Gasteiger partial charge in [-0.1, -0.05) is 12.1 Å². The Morgan fingerprint density at radius 2 is 1.72 bits per heavy atom. The van der Waals surface area contributed by atoms with Crippen molar-refractivity contribution >= 4 is 11.8 Å². The van der Waals surface area contributed by atoms with Gasteiger partial charge in [-0.05, 0) is 35.9 Å². The van der Waals surface area contributed by atoms with Crippen LogP contribution in [0.4, 0.5) is 0 Å². The Balaban J connectivity index is 2.01. The van der Waals surface area contributed by atoms with E-state index in [2.05, 4.69) is 5.32 Å². The Labute approximate surface area is 145 Å². The van der Waals surface area contributed by atoms with Crippen molar-refractivity contribution < 1.29 is 23.8 Å². The van der Waals surface area contributed by atoms with E-state index in [1.807, 2.05) is 24.3 Å². The van der Waals surface area contributed by atoms with Crippen molar-refractivity contribution in [3.8, 4) is 17.2 Å². The number of hydrogen-bond acceptors (Lipinski definition) is 5. The maximum absolute atomic E-state index is 12.3. The molecule has 0 spiro atoms. The maximum Gasteiger partial charge on any atom is 0.255 e. The van der Waals surface area contributed by atoms with Gasteiger partial charge < -0.3 is 25.3 Å². The van der Waals surface area contributed by atoms with E-state index in [-0.39, 0.29) is 12.5 Å². The van der Waals surface area contributed by atoms with Gasteiger partial charge in [0.25, 0.3) is 11.8 Å². The number of methoxy groups -OCH3 is 2. The molecule has 2 aromatic carbocycles. The average molecular weight is 344 g/mol. The predicted molar refractivity (Wildman–Crippen MR) is 91.8 cm³/mol. The van der Waals surface area contributed by atoms with Crippen molar-refractivity contribution in [3.63, 3.8) is 0 Å². The van der Waals surface area contributed by atoms with Crippen LogP contribution >= 0.6 is 0 Å². The highest BCUT2D eigenvalue weighted by molar-refractivity contribution is 5.94. The number of amides is 2. The first-order valence-electron chi connectivity index (χ1n) is 7.53. The van der Waals surface area contributed by atoms with Crippen molar-refractivity contribution in [2.24, 2.45) is 5.73 Å². The molecule has 7 nitrogen and oxygen atoms in total. The van der Waals surface area contributed by atoms with Gasteiger partial charge in [0, 0.05) is 12.1 Å². The van der Waals surface area contributed by atoms with Crippen LogP contribution in [-0.2, 0) is 11.3 Å². The van der Waals surface area contributed by atoms with Gasteiger partial charge in [0.15, 0.2) is 18.1 Å². The summed E-state index contributed by atoms with van der Waals surface area (Å²) in [7, 11) is 3.05. The highest BCUT2D eigenvalue weighted by Crippen LogP contribution is 2.28. The number of ether oxygens (including phenoxy) is 3.